The molecule has 0 fully saturated rings. The van der Waals surface area contributed by atoms with Crippen LogP contribution in [0.15, 0.2) is 34.1 Å². The van der Waals surface area contributed by atoms with Gasteiger partial charge in [-0.05, 0) is 24.3 Å². The largest absolute Gasteiger partial charge is 0.341 e. The molecule has 0 bridgehead atoms. The number of sulfone groups is 1. The maximum atomic E-state index is 12.4. The summed E-state index contributed by atoms with van der Waals surface area (Å²) in [5, 5.41) is 0. The number of rotatable bonds is 6. The Morgan fingerprint density at radius 3 is 2.53 bits per heavy atom. The number of thioether (sulfide) groups is 1. The maximum absolute atomic E-state index is 12.4. The third-order valence-corrected chi connectivity index (χ3v) is 4.92. The molecule has 1 aromatic carbocycles. The lowest BCUT2D eigenvalue weighted by Gasteiger charge is -2.08. The van der Waals surface area contributed by atoms with Gasteiger partial charge in [-0.1, -0.05) is 12.1 Å². The summed E-state index contributed by atoms with van der Waals surface area (Å²) in [4.78, 5) is 0.0347. The highest BCUT2D eigenvalue weighted by atomic mass is 35.5. The fourth-order valence-corrected chi connectivity index (χ4v) is 3.66. The van der Waals surface area contributed by atoms with E-state index in [1.54, 1.807) is 6.07 Å². The molecule has 0 aliphatic heterocycles. The summed E-state index contributed by atoms with van der Waals surface area (Å²) in [5.74, 6) is -2.34. The van der Waals surface area contributed by atoms with Crippen LogP contribution in [0.5, 0.6) is 0 Å². The van der Waals surface area contributed by atoms with E-state index in [4.69, 9.17) is 11.6 Å². The molecule has 0 aliphatic carbocycles. The van der Waals surface area contributed by atoms with E-state index in [0.717, 1.165) is 0 Å². The van der Waals surface area contributed by atoms with E-state index in [1.165, 1.54) is 30.0 Å². The summed E-state index contributed by atoms with van der Waals surface area (Å²) in [6.45, 7) is 0. The average Bonchev–Trinajstić information content (AvgIpc) is 2.29. The van der Waals surface area contributed by atoms with Crippen molar-refractivity contribution < 1.29 is 17.2 Å². The monoisotopic (exact) mass is 300 g/mol. The topological polar surface area (TPSA) is 34.1 Å². The van der Waals surface area contributed by atoms with E-state index in [-0.39, 0.29) is 4.90 Å². The Balaban J connectivity index is 3.00. The third kappa shape index (κ3) is 3.82. The van der Waals surface area contributed by atoms with Crippen LogP contribution in [-0.4, -0.2) is 25.8 Å². The van der Waals surface area contributed by atoms with Crippen molar-refractivity contribution >= 4 is 33.2 Å². The number of benzene rings is 1. The highest BCUT2D eigenvalue weighted by molar-refractivity contribution is 8.00. The molecule has 1 aromatic rings. The molecule has 0 amide bonds. The molecular weight excluding hydrogens is 290 g/mol. The van der Waals surface area contributed by atoms with Crippen LogP contribution in [0.4, 0.5) is 8.78 Å². The molecule has 1 rings (SSSR count). The predicted molar refractivity (Wildman–Crippen MR) is 65.7 cm³/mol. The summed E-state index contributed by atoms with van der Waals surface area (Å²) in [5.41, 5.74) is 0. The summed E-state index contributed by atoms with van der Waals surface area (Å²) in [6.07, 6.45) is 0.690. The molecule has 0 aromatic heterocycles. The average molecular weight is 301 g/mol. The van der Waals surface area contributed by atoms with Crippen molar-refractivity contribution in [1.82, 2.24) is 0 Å². The Morgan fingerprint density at radius 2 is 1.94 bits per heavy atom. The second-order valence-corrected chi connectivity index (χ2v) is 6.54. The van der Waals surface area contributed by atoms with Crippen LogP contribution in [-0.2, 0) is 9.84 Å². The van der Waals surface area contributed by atoms with Gasteiger partial charge in [-0.2, -0.15) is 8.78 Å². The van der Waals surface area contributed by atoms with Gasteiger partial charge >= 0.3 is 5.76 Å². The number of hydrogen-bond acceptors (Lipinski definition) is 3. The summed E-state index contributed by atoms with van der Waals surface area (Å²) >= 11 is 6.72. The highest BCUT2D eigenvalue weighted by Gasteiger charge is 2.28. The Labute approximate surface area is 108 Å². The van der Waals surface area contributed by atoms with Gasteiger partial charge in [-0.3, -0.25) is 0 Å². The Hall–Kier alpha value is -0.330. The summed E-state index contributed by atoms with van der Waals surface area (Å²) < 4.78 is 47.7. The first-order valence-corrected chi connectivity index (χ1v) is 7.86. The zero-order valence-corrected chi connectivity index (χ0v) is 11.2. The standard InChI is InChI=1S/C10H11ClF2O2S2/c11-6-3-7-16-8-4-1-2-5-9(8)17(14,15)10(12)13/h1-2,4-5,10H,3,6-7H2. The number of hydrogen-bond donors (Lipinski definition) is 0. The van der Waals surface area contributed by atoms with Crippen molar-refractivity contribution in [3.05, 3.63) is 24.3 Å². The van der Waals surface area contributed by atoms with Gasteiger partial charge in [0.15, 0.2) is 0 Å². The molecule has 0 unspecified atom stereocenters. The minimum atomic E-state index is -4.53. The van der Waals surface area contributed by atoms with Crippen LogP contribution in [0, 0.1) is 0 Å². The second kappa shape index (κ2) is 6.56. The van der Waals surface area contributed by atoms with Crippen molar-refractivity contribution in [3.8, 4) is 0 Å². The lowest BCUT2D eigenvalue weighted by Crippen LogP contribution is -2.12. The van der Waals surface area contributed by atoms with Crippen LogP contribution in [0.3, 0.4) is 0 Å². The van der Waals surface area contributed by atoms with Crippen molar-refractivity contribution in [1.29, 1.82) is 0 Å². The lowest BCUT2D eigenvalue weighted by molar-refractivity contribution is 0.234. The minimum Gasteiger partial charge on any atom is -0.218 e. The molecule has 0 atom stereocenters. The Morgan fingerprint density at radius 1 is 1.29 bits per heavy atom. The van der Waals surface area contributed by atoms with E-state index < -0.39 is 15.6 Å². The van der Waals surface area contributed by atoms with Crippen LogP contribution in [0.2, 0.25) is 0 Å². The fourth-order valence-electron chi connectivity index (χ4n) is 1.14. The molecule has 0 radical (unpaired) electrons. The smallest absolute Gasteiger partial charge is 0.218 e. The molecule has 7 heteroatoms. The van der Waals surface area contributed by atoms with Crippen LogP contribution >= 0.6 is 23.4 Å². The number of alkyl halides is 3. The quantitative estimate of drug-likeness (QED) is 0.459. The molecule has 0 saturated heterocycles. The molecular formula is C10H11ClF2O2S2. The predicted octanol–water partition coefficient (Wildman–Crippen LogP) is 3.40. The first kappa shape index (κ1) is 14.7. The first-order chi connectivity index (χ1) is 8.00. The molecule has 0 N–H and O–H groups in total. The van der Waals surface area contributed by atoms with Crippen molar-refractivity contribution in [3.63, 3.8) is 0 Å². The minimum absolute atomic E-state index is 0.311. The van der Waals surface area contributed by atoms with Gasteiger partial charge in [0.1, 0.15) is 0 Å². The lowest BCUT2D eigenvalue weighted by atomic mass is 10.4. The molecule has 0 aliphatic rings. The second-order valence-electron chi connectivity index (χ2n) is 3.14. The Kier molecular flexibility index (Phi) is 5.69. The fraction of sp³-hybridized carbons (Fsp3) is 0.400. The van der Waals surface area contributed by atoms with E-state index in [2.05, 4.69) is 0 Å². The van der Waals surface area contributed by atoms with E-state index >= 15 is 0 Å². The van der Waals surface area contributed by atoms with E-state index in [9.17, 15) is 17.2 Å². The molecule has 2 nitrogen and oxygen atoms in total. The van der Waals surface area contributed by atoms with Crippen molar-refractivity contribution in [2.24, 2.45) is 0 Å². The summed E-state index contributed by atoms with van der Waals surface area (Å²) in [6, 6.07) is 5.77. The van der Waals surface area contributed by atoms with Crippen LogP contribution in [0.25, 0.3) is 0 Å². The molecule has 0 spiro atoms. The first-order valence-electron chi connectivity index (χ1n) is 4.80. The third-order valence-electron chi connectivity index (χ3n) is 1.93. The van der Waals surface area contributed by atoms with Gasteiger partial charge < -0.3 is 0 Å². The van der Waals surface area contributed by atoms with Crippen LogP contribution < -0.4 is 0 Å². The van der Waals surface area contributed by atoms with Gasteiger partial charge in [0, 0.05) is 10.8 Å². The molecule has 96 valence electrons. The van der Waals surface area contributed by atoms with Crippen molar-refractivity contribution in [2.75, 3.05) is 11.6 Å². The zero-order valence-electron chi connectivity index (χ0n) is 8.77. The summed E-state index contributed by atoms with van der Waals surface area (Å²) in [7, 11) is -4.53. The van der Waals surface area contributed by atoms with Gasteiger partial charge in [0.25, 0.3) is 0 Å². The van der Waals surface area contributed by atoms with E-state index in [0.29, 0.717) is 22.9 Å². The maximum Gasteiger partial charge on any atom is 0.341 e. The van der Waals surface area contributed by atoms with E-state index in [1.807, 2.05) is 0 Å². The molecule has 0 heterocycles. The Bertz CT molecular complexity index is 463. The normalized spacial score (nSPS) is 12.0. The highest BCUT2D eigenvalue weighted by Crippen LogP contribution is 2.30. The van der Waals surface area contributed by atoms with Gasteiger partial charge in [0.2, 0.25) is 9.84 Å². The number of halogens is 3. The SMILES string of the molecule is O=S(=O)(c1ccccc1SCCCCl)C(F)F. The molecule has 0 saturated carbocycles. The molecule has 17 heavy (non-hydrogen) atoms. The van der Waals surface area contributed by atoms with Gasteiger partial charge in [0.05, 0.1) is 4.90 Å². The van der Waals surface area contributed by atoms with Gasteiger partial charge in [-0.15, -0.1) is 23.4 Å². The zero-order chi connectivity index (χ0) is 12.9. The van der Waals surface area contributed by atoms with Crippen molar-refractivity contribution in [2.45, 2.75) is 22.0 Å². The van der Waals surface area contributed by atoms with Gasteiger partial charge in [-0.25, -0.2) is 8.42 Å². The van der Waals surface area contributed by atoms with Crippen LogP contribution in [0.1, 0.15) is 6.42 Å².